The van der Waals surface area contributed by atoms with E-state index >= 15 is 0 Å². The van der Waals surface area contributed by atoms with Gasteiger partial charge in [-0.25, -0.2) is 4.98 Å². The molecule has 1 aromatic heterocycles. The summed E-state index contributed by atoms with van der Waals surface area (Å²) in [5.41, 5.74) is 4.80. The lowest BCUT2D eigenvalue weighted by molar-refractivity contribution is -0.137. The van der Waals surface area contributed by atoms with Crippen LogP contribution < -0.4 is 10.6 Å². The van der Waals surface area contributed by atoms with Crippen LogP contribution in [0.25, 0.3) is 0 Å². The fraction of sp³-hybridized carbons (Fsp3) is 0.615. The molecule has 0 radical (unpaired) electrons. The van der Waals surface area contributed by atoms with Crippen LogP contribution in [0.4, 0.5) is 19.0 Å². The molecule has 2 rings (SSSR count). The Morgan fingerprint density at radius 1 is 1.20 bits per heavy atom. The van der Waals surface area contributed by atoms with E-state index in [1.165, 1.54) is 12.3 Å². The minimum absolute atomic E-state index is 0.0403. The van der Waals surface area contributed by atoms with Gasteiger partial charge in [-0.05, 0) is 31.6 Å². The van der Waals surface area contributed by atoms with Crippen molar-refractivity contribution < 1.29 is 13.2 Å². The Labute approximate surface area is 116 Å². The normalized spacial score (nSPS) is 17.5. The van der Waals surface area contributed by atoms with Gasteiger partial charge in [0.25, 0.3) is 0 Å². The van der Waals surface area contributed by atoms with Gasteiger partial charge in [-0.3, -0.25) is 4.90 Å². The molecule has 0 bridgehead atoms. The van der Waals surface area contributed by atoms with E-state index < -0.39 is 11.7 Å². The fourth-order valence-electron chi connectivity index (χ4n) is 2.37. The first-order valence-corrected chi connectivity index (χ1v) is 6.72. The minimum atomic E-state index is -4.36. The van der Waals surface area contributed by atoms with Crippen LogP contribution >= 0.6 is 0 Å². The molecule has 4 nitrogen and oxygen atoms in total. The number of nitrogens with two attached hydrogens (primary N) is 1. The fourth-order valence-corrected chi connectivity index (χ4v) is 2.37. The Morgan fingerprint density at radius 2 is 1.90 bits per heavy atom. The van der Waals surface area contributed by atoms with Gasteiger partial charge in [0.15, 0.2) is 0 Å². The summed E-state index contributed by atoms with van der Waals surface area (Å²) in [5.74, 6) is 0.0403. The molecule has 7 heteroatoms. The summed E-state index contributed by atoms with van der Waals surface area (Å²) < 4.78 is 38.9. The third kappa shape index (κ3) is 3.61. The first-order chi connectivity index (χ1) is 9.52. The summed E-state index contributed by atoms with van der Waals surface area (Å²) in [4.78, 5) is 7.86. The van der Waals surface area contributed by atoms with Gasteiger partial charge >= 0.3 is 6.18 Å². The first kappa shape index (κ1) is 15.1. The van der Waals surface area contributed by atoms with Gasteiger partial charge in [0.2, 0.25) is 0 Å². The Kier molecular flexibility index (Phi) is 4.82. The SMILES string of the molecule is NCCCN1CCN(c2ncccc2C(F)(F)F)CC1. The number of hydrogen-bond donors (Lipinski definition) is 1. The number of halogens is 3. The van der Waals surface area contributed by atoms with Crippen LogP contribution in [0.1, 0.15) is 12.0 Å². The lowest BCUT2D eigenvalue weighted by atomic mass is 10.2. The van der Waals surface area contributed by atoms with Crippen molar-refractivity contribution in [3.63, 3.8) is 0 Å². The van der Waals surface area contributed by atoms with Crippen LogP contribution in [0, 0.1) is 0 Å². The summed E-state index contributed by atoms with van der Waals surface area (Å²) in [7, 11) is 0. The van der Waals surface area contributed by atoms with E-state index in [4.69, 9.17) is 5.73 Å². The molecule has 0 atom stereocenters. The van der Waals surface area contributed by atoms with Crippen molar-refractivity contribution in [2.45, 2.75) is 12.6 Å². The molecule has 0 unspecified atom stereocenters. The molecule has 0 spiro atoms. The topological polar surface area (TPSA) is 45.4 Å². The molecule has 1 aliphatic heterocycles. The van der Waals surface area contributed by atoms with Crippen molar-refractivity contribution in [1.29, 1.82) is 0 Å². The number of hydrogen-bond acceptors (Lipinski definition) is 4. The third-order valence-corrected chi connectivity index (χ3v) is 3.44. The minimum Gasteiger partial charge on any atom is -0.354 e. The van der Waals surface area contributed by atoms with Gasteiger partial charge in [-0.2, -0.15) is 13.2 Å². The molecular weight excluding hydrogens is 269 g/mol. The lowest BCUT2D eigenvalue weighted by Gasteiger charge is -2.36. The maximum Gasteiger partial charge on any atom is 0.419 e. The largest absolute Gasteiger partial charge is 0.419 e. The molecule has 0 aromatic carbocycles. The van der Waals surface area contributed by atoms with E-state index in [1.54, 1.807) is 4.90 Å². The standard InChI is InChI=1S/C13H19F3N4/c14-13(15,16)11-3-1-5-18-12(11)20-9-7-19(8-10-20)6-2-4-17/h1,3,5H,2,4,6-10,17H2. The molecule has 0 aliphatic carbocycles. The van der Waals surface area contributed by atoms with Crippen LogP contribution in [0.3, 0.4) is 0 Å². The molecule has 1 aliphatic rings. The maximum atomic E-state index is 13.0. The van der Waals surface area contributed by atoms with E-state index in [1.807, 2.05) is 0 Å². The zero-order valence-corrected chi connectivity index (χ0v) is 11.2. The molecule has 2 heterocycles. The highest BCUT2D eigenvalue weighted by molar-refractivity contribution is 5.48. The average molecular weight is 288 g/mol. The van der Waals surface area contributed by atoms with Gasteiger partial charge in [-0.1, -0.05) is 0 Å². The average Bonchev–Trinajstić information content (AvgIpc) is 2.45. The van der Waals surface area contributed by atoms with Gasteiger partial charge in [-0.15, -0.1) is 0 Å². The molecule has 2 N–H and O–H groups in total. The predicted octanol–water partition coefficient (Wildman–Crippen LogP) is 1.57. The van der Waals surface area contributed by atoms with E-state index in [2.05, 4.69) is 9.88 Å². The Hall–Kier alpha value is -1.34. The number of rotatable bonds is 4. The second-order valence-corrected chi connectivity index (χ2v) is 4.84. The van der Waals surface area contributed by atoms with Crippen LogP contribution in [0.5, 0.6) is 0 Å². The monoisotopic (exact) mass is 288 g/mol. The van der Waals surface area contributed by atoms with Crippen molar-refractivity contribution in [2.75, 3.05) is 44.2 Å². The number of piperazine rings is 1. The van der Waals surface area contributed by atoms with Gasteiger partial charge in [0, 0.05) is 32.4 Å². The molecule has 1 aromatic rings. The van der Waals surface area contributed by atoms with Crippen LogP contribution in [-0.2, 0) is 6.18 Å². The summed E-state index contributed by atoms with van der Waals surface area (Å²) in [6, 6.07) is 2.41. The Bertz CT molecular complexity index is 428. The molecule has 112 valence electrons. The summed E-state index contributed by atoms with van der Waals surface area (Å²) >= 11 is 0. The second kappa shape index (κ2) is 6.41. The van der Waals surface area contributed by atoms with E-state index in [0.717, 1.165) is 32.1 Å². The number of alkyl halides is 3. The van der Waals surface area contributed by atoms with Crippen molar-refractivity contribution >= 4 is 5.82 Å². The molecular formula is C13H19F3N4. The summed E-state index contributed by atoms with van der Waals surface area (Å²) in [5, 5.41) is 0. The van der Waals surface area contributed by atoms with Crippen LogP contribution in [-0.4, -0.2) is 49.2 Å². The summed E-state index contributed by atoms with van der Waals surface area (Å²) in [6.07, 6.45) is -2.04. The van der Waals surface area contributed by atoms with Crippen molar-refractivity contribution in [3.05, 3.63) is 23.9 Å². The Balaban J connectivity index is 2.04. The highest BCUT2D eigenvalue weighted by Crippen LogP contribution is 2.35. The highest BCUT2D eigenvalue weighted by Gasteiger charge is 2.36. The maximum absolute atomic E-state index is 13.0. The third-order valence-electron chi connectivity index (χ3n) is 3.44. The van der Waals surface area contributed by atoms with E-state index in [9.17, 15) is 13.2 Å². The van der Waals surface area contributed by atoms with Crippen LogP contribution in [0.15, 0.2) is 18.3 Å². The zero-order valence-electron chi connectivity index (χ0n) is 11.2. The number of anilines is 1. The molecule has 0 amide bonds. The lowest BCUT2D eigenvalue weighted by Crippen LogP contribution is -2.47. The Morgan fingerprint density at radius 3 is 2.50 bits per heavy atom. The number of aromatic nitrogens is 1. The van der Waals surface area contributed by atoms with Gasteiger partial charge in [0.1, 0.15) is 5.82 Å². The highest BCUT2D eigenvalue weighted by atomic mass is 19.4. The zero-order chi connectivity index (χ0) is 14.6. The molecule has 1 fully saturated rings. The molecule has 0 saturated carbocycles. The van der Waals surface area contributed by atoms with Crippen molar-refractivity contribution in [1.82, 2.24) is 9.88 Å². The smallest absolute Gasteiger partial charge is 0.354 e. The van der Waals surface area contributed by atoms with Gasteiger partial charge in [0.05, 0.1) is 5.56 Å². The van der Waals surface area contributed by atoms with E-state index in [0.29, 0.717) is 19.6 Å². The van der Waals surface area contributed by atoms with E-state index in [-0.39, 0.29) is 5.82 Å². The van der Waals surface area contributed by atoms with Gasteiger partial charge < -0.3 is 10.6 Å². The quantitative estimate of drug-likeness (QED) is 0.913. The number of nitrogens with zero attached hydrogens (tertiary/aromatic N) is 3. The number of pyridine rings is 1. The molecule has 20 heavy (non-hydrogen) atoms. The second-order valence-electron chi connectivity index (χ2n) is 4.84. The van der Waals surface area contributed by atoms with Crippen LogP contribution in [0.2, 0.25) is 0 Å². The van der Waals surface area contributed by atoms with Crippen molar-refractivity contribution in [2.24, 2.45) is 5.73 Å². The predicted molar refractivity (Wildman–Crippen MR) is 71.6 cm³/mol. The molecule has 1 saturated heterocycles. The first-order valence-electron chi connectivity index (χ1n) is 6.72. The van der Waals surface area contributed by atoms with Crippen molar-refractivity contribution in [3.8, 4) is 0 Å². The summed E-state index contributed by atoms with van der Waals surface area (Å²) in [6.45, 7) is 4.15.